The molecule has 0 aromatic rings. The second-order valence-electron chi connectivity index (χ2n) is 5.83. The summed E-state index contributed by atoms with van der Waals surface area (Å²) in [5.74, 6) is 0.532. The lowest BCUT2D eigenvalue weighted by Crippen LogP contribution is -2.51. The van der Waals surface area contributed by atoms with Gasteiger partial charge in [0.05, 0.1) is 5.92 Å². The number of nitrogens with two attached hydrogens (primary N) is 1. The predicted octanol–water partition coefficient (Wildman–Crippen LogP) is 1.46. The summed E-state index contributed by atoms with van der Waals surface area (Å²) in [6.45, 7) is 5.69. The largest absolute Gasteiger partial charge is 0.460 e. The summed E-state index contributed by atoms with van der Waals surface area (Å²) in [6.07, 6.45) is 2.96. The Hall–Kier alpha value is -0.570. The molecule has 3 heteroatoms. The lowest BCUT2D eigenvalue weighted by molar-refractivity contribution is -0.161. The second kappa shape index (κ2) is 2.72. The third-order valence-corrected chi connectivity index (χ3v) is 3.29. The number of ether oxygens (including phenoxy) is 1. The minimum atomic E-state index is -0.388. The van der Waals surface area contributed by atoms with Crippen LogP contribution >= 0.6 is 0 Å². The van der Waals surface area contributed by atoms with Gasteiger partial charge in [-0.1, -0.05) is 0 Å². The molecule has 0 aromatic heterocycles. The standard InChI is InChI=1S/C11H19NO2/c1-10(2,3)14-9(13)8-4-7-5-11(8,12)6-7/h7-8H,4-6,12H2,1-3H3. The van der Waals surface area contributed by atoms with Crippen molar-refractivity contribution in [2.24, 2.45) is 17.6 Å². The molecule has 2 bridgehead atoms. The third-order valence-electron chi connectivity index (χ3n) is 3.29. The molecule has 3 rings (SSSR count). The molecule has 1 unspecified atom stereocenters. The van der Waals surface area contributed by atoms with E-state index in [1.165, 1.54) is 0 Å². The van der Waals surface area contributed by atoms with Crippen molar-refractivity contribution in [1.29, 1.82) is 0 Å². The molecule has 3 aliphatic rings. The number of rotatable bonds is 1. The van der Waals surface area contributed by atoms with E-state index >= 15 is 0 Å². The zero-order chi connectivity index (χ0) is 10.6. The molecule has 0 aliphatic heterocycles. The molecule has 2 N–H and O–H groups in total. The Bertz CT molecular complexity index is 261. The zero-order valence-electron chi connectivity index (χ0n) is 9.17. The molecule has 0 spiro atoms. The molecule has 14 heavy (non-hydrogen) atoms. The maximum Gasteiger partial charge on any atom is 0.311 e. The average molecular weight is 197 g/mol. The van der Waals surface area contributed by atoms with Crippen molar-refractivity contribution in [3.63, 3.8) is 0 Å². The van der Waals surface area contributed by atoms with Crippen molar-refractivity contribution in [3.05, 3.63) is 0 Å². The first-order chi connectivity index (χ1) is 6.30. The number of hydrogen-bond donors (Lipinski definition) is 1. The average Bonchev–Trinajstić information content (AvgIpc) is 2.35. The fourth-order valence-electron chi connectivity index (χ4n) is 2.74. The predicted molar refractivity (Wildman–Crippen MR) is 53.6 cm³/mol. The number of carbonyl (C=O) groups excluding carboxylic acids is 1. The number of carbonyl (C=O) groups is 1. The van der Waals surface area contributed by atoms with Crippen LogP contribution < -0.4 is 5.73 Å². The Morgan fingerprint density at radius 2 is 2.00 bits per heavy atom. The van der Waals surface area contributed by atoms with Crippen LogP contribution in [0, 0.1) is 11.8 Å². The highest BCUT2D eigenvalue weighted by molar-refractivity contribution is 5.76. The first kappa shape index (κ1) is 9.97. The molecule has 3 saturated carbocycles. The lowest BCUT2D eigenvalue weighted by Gasteiger charge is -2.37. The van der Waals surface area contributed by atoms with Crippen LogP contribution in [0.3, 0.4) is 0 Å². The fourth-order valence-corrected chi connectivity index (χ4v) is 2.74. The Labute approximate surface area is 85.0 Å². The van der Waals surface area contributed by atoms with Crippen molar-refractivity contribution in [1.82, 2.24) is 0 Å². The van der Waals surface area contributed by atoms with E-state index in [1.54, 1.807) is 0 Å². The molecular weight excluding hydrogens is 178 g/mol. The maximum atomic E-state index is 11.8. The molecular formula is C11H19NO2. The lowest BCUT2D eigenvalue weighted by atomic mass is 9.75. The summed E-state index contributed by atoms with van der Waals surface area (Å²) in [6, 6.07) is 0. The van der Waals surface area contributed by atoms with Gasteiger partial charge >= 0.3 is 5.97 Å². The highest BCUT2D eigenvalue weighted by Gasteiger charge is 2.58. The molecule has 0 heterocycles. The van der Waals surface area contributed by atoms with Crippen molar-refractivity contribution in [2.45, 2.75) is 51.2 Å². The van der Waals surface area contributed by atoms with Gasteiger partial charge in [-0.2, -0.15) is 0 Å². The van der Waals surface area contributed by atoms with Crippen LogP contribution in [0.2, 0.25) is 0 Å². The topological polar surface area (TPSA) is 52.3 Å². The maximum absolute atomic E-state index is 11.8. The van der Waals surface area contributed by atoms with Crippen LogP contribution in [0.1, 0.15) is 40.0 Å². The SMILES string of the molecule is CC(C)(C)OC(=O)C1CC2CC1(N)C2. The van der Waals surface area contributed by atoms with Gasteiger partial charge in [0.25, 0.3) is 0 Å². The molecule has 0 saturated heterocycles. The van der Waals surface area contributed by atoms with E-state index in [1.807, 2.05) is 20.8 Å². The molecule has 3 aliphatic carbocycles. The Morgan fingerprint density at radius 1 is 1.43 bits per heavy atom. The monoisotopic (exact) mass is 197 g/mol. The molecule has 0 radical (unpaired) electrons. The van der Waals surface area contributed by atoms with Crippen LogP contribution in [0.4, 0.5) is 0 Å². The van der Waals surface area contributed by atoms with Gasteiger partial charge in [0.1, 0.15) is 5.60 Å². The molecule has 80 valence electrons. The van der Waals surface area contributed by atoms with Crippen molar-refractivity contribution >= 4 is 5.97 Å². The van der Waals surface area contributed by atoms with Crippen LogP contribution in [0.5, 0.6) is 0 Å². The smallest absolute Gasteiger partial charge is 0.311 e. The quantitative estimate of drug-likeness (QED) is 0.647. The van der Waals surface area contributed by atoms with E-state index in [0.717, 1.165) is 19.3 Å². The minimum Gasteiger partial charge on any atom is -0.460 e. The van der Waals surface area contributed by atoms with E-state index < -0.39 is 0 Å². The number of hydrogen-bond acceptors (Lipinski definition) is 3. The van der Waals surface area contributed by atoms with Crippen LogP contribution in [-0.2, 0) is 9.53 Å². The van der Waals surface area contributed by atoms with Gasteiger partial charge in [0, 0.05) is 5.54 Å². The Morgan fingerprint density at radius 3 is 2.36 bits per heavy atom. The van der Waals surface area contributed by atoms with Crippen LogP contribution in [0.25, 0.3) is 0 Å². The van der Waals surface area contributed by atoms with Gasteiger partial charge in [0.2, 0.25) is 0 Å². The van der Waals surface area contributed by atoms with E-state index in [0.29, 0.717) is 5.92 Å². The van der Waals surface area contributed by atoms with Gasteiger partial charge in [-0.15, -0.1) is 0 Å². The van der Waals surface area contributed by atoms with E-state index in [2.05, 4.69) is 0 Å². The van der Waals surface area contributed by atoms with Crippen LogP contribution in [0.15, 0.2) is 0 Å². The van der Waals surface area contributed by atoms with Gasteiger partial charge < -0.3 is 10.5 Å². The van der Waals surface area contributed by atoms with Crippen molar-refractivity contribution < 1.29 is 9.53 Å². The van der Waals surface area contributed by atoms with Gasteiger partial charge in [-0.3, -0.25) is 4.79 Å². The first-order valence-electron chi connectivity index (χ1n) is 5.32. The third kappa shape index (κ3) is 1.54. The summed E-state index contributed by atoms with van der Waals surface area (Å²) < 4.78 is 5.36. The highest BCUT2D eigenvalue weighted by atomic mass is 16.6. The van der Waals surface area contributed by atoms with E-state index in [9.17, 15) is 4.79 Å². The van der Waals surface area contributed by atoms with Gasteiger partial charge in [0.15, 0.2) is 0 Å². The van der Waals surface area contributed by atoms with E-state index in [-0.39, 0.29) is 23.0 Å². The minimum absolute atomic E-state index is 0.0493. The summed E-state index contributed by atoms with van der Waals surface area (Å²) >= 11 is 0. The molecule has 3 nitrogen and oxygen atoms in total. The summed E-state index contributed by atoms with van der Waals surface area (Å²) in [4.78, 5) is 11.8. The summed E-state index contributed by atoms with van der Waals surface area (Å²) in [7, 11) is 0. The second-order valence-corrected chi connectivity index (χ2v) is 5.83. The Kier molecular flexibility index (Phi) is 1.94. The number of fused-ring (bicyclic) bond motifs is 1. The molecule has 3 fully saturated rings. The summed E-state index contributed by atoms with van der Waals surface area (Å²) in [5.41, 5.74) is 5.49. The molecule has 0 amide bonds. The summed E-state index contributed by atoms with van der Waals surface area (Å²) in [5, 5.41) is 0. The zero-order valence-corrected chi connectivity index (χ0v) is 9.17. The van der Waals surface area contributed by atoms with Gasteiger partial charge in [-0.25, -0.2) is 0 Å². The molecule has 1 atom stereocenters. The first-order valence-corrected chi connectivity index (χ1v) is 5.32. The number of esters is 1. The fraction of sp³-hybridized carbons (Fsp3) is 0.909. The van der Waals surface area contributed by atoms with Gasteiger partial charge in [-0.05, 0) is 46.0 Å². The van der Waals surface area contributed by atoms with Crippen LogP contribution in [-0.4, -0.2) is 17.1 Å². The van der Waals surface area contributed by atoms with Crippen molar-refractivity contribution in [3.8, 4) is 0 Å². The Balaban J connectivity index is 2.00. The van der Waals surface area contributed by atoms with Crippen molar-refractivity contribution in [2.75, 3.05) is 0 Å². The highest BCUT2D eigenvalue weighted by Crippen LogP contribution is 2.54. The normalized spacial score (nSPS) is 40.6. The molecule has 0 aromatic carbocycles. The van der Waals surface area contributed by atoms with E-state index in [4.69, 9.17) is 10.5 Å².